The highest BCUT2D eigenvalue weighted by atomic mass is 79.9. The average Bonchev–Trinajstić information content (AvgIpc) is 3.31. The SMILES string of the molecule is Cc1c(NC(=O)COC(=O)[C@H]2CC(=O)N(Cc3ccco3)C2)ccc(Br)c1Cl. The standard InChI is InChI=1S/C19H18BrClN2O5/c1-11-15(5-4-14(20)18(11)21)22-16(24)10-28-19(26)12-7-17(25)23(8-12)9-13-3-2-6-27-13/h2-6,12H,7-10H2,1H3,(H,22,24)/t12-/m0/s1. The van der Waals surface area contributed by atoms with Gasteiger partial charge in [-0.25, -0.2) is 0 Å². The number of hydrogen-bond acceptors (Lipinski definition) is 5. The summed E-state index contributed by atoms with van der Waals surface area (Å²) in [5.74, 6) is -1.16. The minimum atomic E-state index is -0.598. The normalized spacial score (nSPS) is 16.3. The number of anilines is 1. The number of ether oxygens (including phenoxy) is 1. The lowest BCUT2D eigenvalue weighted by molar-refractivity contribution is -0.151. The maximum absolute atomic E-state index is 12.2. The monoisotopic (exact) mass is 468 g/mol. The zero-order valence-corrected chi connectivity index (χ0v) is 17.4. The van der Waals surface area contributed by atoms with Crippen LogP contribution < -0.4 is 5.32 Å². The molecule has 1 aliphatic rings. The number of esters is 1. The van der Waals surface area contributed by atoms with Gasteiger partial charge >= 0.3 is 5.97 Å². The molecule has 0 unspecified atom stereocenters. The van der Waals surface area contributed by atoms with Crippen molar-refractivity contribution in [1.82, 2.24) is 4.90 Å². The molecule has 1 fully saturated rings. The van der Waals surface area contributed by atoms with E-state index in [-0.39, 0.29) is 18.9 Å². The van der Waals surface area contributed by atoms with Crippen LogP contribution in [-0.4, -0.2) is 35.8 Å². The number of carbonyl (C=O) groups excluding carboxylic acids is 3. The van der Waals surface area contributed by atoms with Crippen molar-refractivity contribution >= 4 is 51.0 Å². The Kier molecular flexibility index (Phi) is 6.41. The number of nitrogens with one attached hydrogen (secondary N) is 1. The molecule has 7 nitrogen and oxygen atoms in total. The predicted octanol–water partition coefficient (Wildman–Crippen LogP) is 3.53. The Bertz CT molecular complexity index is 900. The molecule has 0 radical (unpaired) electrons. The molecule has 0 aliphatic carbocycles. The van der Waals surface area contributed by atoms with E-state index in [4.69, 9.17) is 20.8 Å². The van der Waals surface area contributed by atoms with Crippen LogP contribution in [0.2, 0.25) is 5.02 Å². The molecule has 2 aromatic rings. The number of furan rings is 1. The highest BCUT2D eigenvalue weighted by Crippen LogP contribution is 2.31. The Morgan fingerprint density at radius 1 is 1.39 bits per heavy atom. The van der Waals surface area contributed by atoms with Gasteiger partial charge in [0.25, 0.3) is 5.91 Å². The Morgan fingerprint density at radius 2 is 2.18 bits per heavy atom. The quantitative estimate of drug-likeness (QED) is 0.654. The highest BCUT2D eigenvalue weighted by molar-refractivity contribution is 9.10. The van der Waals surface area contributed by atoms with Crippen molar-refractivity contribution in [2.24, 2.45) is 5.92 Å². The van der Waals surface area contributed by atoms with E-state index in [0.29, 0.717) is 28.6 Å². The van der Waals surface area contributed by atoms with E-state index in [0.717, 1.165) is 4.47 Å². The maximum atomic E-state index is 12.2. The number of benzene rings is 1. The van der Waals surface area contributed by atoms with Gasteiger partial charge in [0.1, 0.15) is 5.76 Å². The van der Waals surface area contributed by atoms with Gasteiger partial charge in [0.2, 0.25) is 5.91 Å². The second-order valence-corrected chi connectivity index (χ2v) is 7.68. The molecule has 1 aromatic heterocycles. The van der Waals surface area contributed by atoms with Gasteiger partial charge in [-0.2, -0.15) is 0 Å². The predicted molar refractivity (Wildman–Crippen MR) is 106 cm³/mol. The summed E-state index contributed by atoms with van der Waals surface area (Å²) in [6.07, 6.45) is 1.59. The molecular formula is C19H18BrClN2O5. The van der Waals surface area contributed by atoms with E-state index in [1.54, 1.807) is 31.2 Å². The van der Waals surface area contributed by atoms with Crippen molar-refractivity contribution < 1.29 is 23.5 Å². The molecule has 0 spiro atoms. The zero-order chi connectivity index (χ0) is 20.3. The number of carbonyl (C=O) groups is 3. The van der Waals surface area contributed by atoms with Crippen molar-refractivity contribution in [3.05, 3.63) is 51.3 Å². The van der Waals surface area contributed by atoms with Gasteiger partial charge < -0.3 is 19.4 Å². The Labute approximate surface area is 175 Å². The van der Waals surface area contributed by atoms with Gasteiger partial charge in [-0.05, 0) is 52.7 Å². The average molecular weight is 470 g/mol. The van der Waals surface area contributed by atoms with E-state index in [1.165, 1.54) is 11.2 Å². The molecule has 1 atom stereocenters. The lowest BCUT2D eigenvalue weighted by Crippen LogP contribution is -2.28. The van der Waals surface area contributed by atoms with Crippen LogP contribution in [0, 0.1) is 12.8 Å². The number of rotatable bonds is 6. The van der Waals surface area contributed by atoms with Gasteiger partial charge in [-0.3, -0.25) is 14.4 Å². The molecular weight excluding hydrogens is 452 g/mol. The lowest BCUT2D eigenvalue weighted by Gasteiger charge is -2.15. The summed E-state index contributed by atoms with van der Waals surface area (Å²) in [7, 11) is 0. The molecule has 1 aliphatic heterocycles. The molecule has 1 saturated heterocycles. The van der Waals surface area contributed by atoms with Gasteiger partial charge in [-0.15, -0.1) is 0 Å². The van der Waals surface area contributed by atoms with E-state index >= 15 is 0 Å². The van der Waals surface area contributed by atoms with Crippen LogP contribution in [0.25, 0.3) is 0 Å². The van der Waals surface area contributed by atoms with E-state index in [2.05, 4.69) is 21.2 Å². The third-order valence-corrected chi connectivity index (χ3v) is 5.81. The summed E-state index contributed by atoms with van der Waals surface area (Å²) in [6, 6.07) is 6.92. The highest BCUT2D eigenvalue weighted by Gasteiger charge is 2.35. The van der Waals surface area contributed by atoms with Crippen molar-refractivity contribution in [3.8, 4) is 0 Å². The number of likely N-dealkylation sites (tertiary alicyclic amines) is 1. The van der Waals surface area contributed by atoms with Gasteiger partial charge in [0, 0.05) is 23.1 Å². The first-order valence-corrected chi connectivity index (χ1v) is 9.73. The molecule has 0 bridgehead atoms. The first-order valence-electron chi connectivity index (χ1n) is 8.56. The minimum absolute atomic E-state index is 0.0581. The van der Waals surface area contributed by atoms with E-state index in [1.807, 2.05) is 0 Å². The fraction of sp³-hybridized carbons (Fsp3) is 0.316. The van der Waals surface area contributed by atoms with Crippen molar-refractivity contribution in [2.45, 2.75) is 19.9 Å². The van der Waals surface area contributed by atoms with Gasteiger partial charge in [0.15, 0.2) is 6.61 Å². The van der Waals surface area contributed by atoms with Crippen LogP contribution in [0.1, 0.15) is 17.7 Å². The Balaban J connectivity index is 1.49. The van der Waals surface area contributed by atoms with Crippen LogP contribution in [0.15, 0.2) is 39.4 Å². The molecule has 28 heavy (non-hydrogen) atoms. The minimum Gasteiger partial charge on any atom is -0.467 e. The molecule has 9 heteroatoms. The summed E-state index contributed by atoms with van der Waals surface area (Å²) in [4.78, 5) is 37.9. The number of hydrogen-bond donors (Lipinski definition) is 1. The fourth-order valence-electron chi connectivity index (χ4n) is 2.90. The van der Waals surface area contributed by atoms with E-state index < -0.39 is 24.4 Å². The summed E-state index contributed by atoms with van der Waals surface area (Å²) in [5, 5.41) is 3.16. The summed E-state index contributed by atoms with van der Waals surface area (Å²) >= 11 is 9.44. The van der Waals surface area contributed by atoms with E-state index in [9.17, 15) is 14.4 Å². The maximum Gasteiger partial charge on any atom is 0.311 e. The molecule has 1 N–H and O–H groups in total. The lowest BCUT2D eigenvalue weighted by atomic mass is 10.1. The Morgan fingerprint density at radius 3 is 2.89 bits per heavy atom. The van der Waals surface area contributed by atoms with Gasteiger partial charge in [0.05, 0.1) is 23.7 Å². The molecule has 0 saturated carbocycles. The smallest absolute Gasteiger partial charge is 0.311 e. The molecule has 2 amide bonds. The zero-order valence-electron chi connectivity index (χ0n) is 15.0. The summed E-state index contributed by atoms with van der Waals surface area (Å²) in [6.45, 7) is 1.88. The topological polar surface area (TPSA) is 88.8 Å². The number of nitrogens with zero attached hydrogens (tertiary/aromatic N) is 1. The van der Waals surface area contributed by atoms with Crippen LogP contribution in [0.4, 0.5) is 5.69 Å². The second kappa shape index (κ2) is 8.79. The third-order valence-electron chi connectivity index (χ3n) is 4.43. The summed E-state index contributed by atoms with van der Waals surface area (Å²) < 4.78 is 11.0. The number of halogens is 2. The van der Waals surface area contributed by atoms with Crippen molar-refractivity contribution in [3.63, 3.8) is 0 Å². The summed E-state index contributed by atoms with van der Waals surface area (Å²) in [5.41, 5.74) is 1.24. The second-order valence-electron chi connectivity index (χ2n) is 6.44. The molecule has 2 heterocycles. The van der Waals surface area contributed by atoms with Crippen molar-refractivity contribution in [1.29, 1.82) is 0 Å². The van der Waals surface area contributed by atoms with Crippen LogP contribution in [0.5, 0.6) is 0 Å². The van der Waals surface area contributed by atoms with Crippen LogP contribution in [0.3, 0.4) is 0 Å². The Hall–Kier alpha value is -2.32. The third kappa shape index (κ3) is 4.74. The van der Waals surface area contributed by atoms with Crippen LogP contribution >= 0.6 is 27.5 Å². The molecule has 1 aromatic carbocycles. The first kappa shape index (κ1) is 20.4. The van der Waals surface area contributed by atoms with Crippen molar-refractivity contribution in [2.75, 3.05) is 18.5 Å². The largest absolute Gasteiger partial charge is 0.467 e. The van der Waals surface area contributed by atoms with Gasteiger partial charge in [-0.1, -0.05) is 11.6 Å². The fourth-order valence-corrected chi connectivity index (χ4v) is 3.50. The number of amides is 2. The van der Waals surface area contributed by atoms with Crippen LogP contribution in [-0.2, 0) is 25.7 Å². The first-order chi connectivity index (χ1) is 13.3. The molecule has 148 valence electrons. The molecule has 3 rings (SSSR count).